The molecule has 0 spiro atoms. The van der Waals surface area contributed by atoms with Gasteiger partial charge in [-0.2, -0.15) is 0 Å². The number of carboxylic acids is 1. The maximum Gasteiger partial charge on any atom is 0.339 e. The van der Waals surface area contributed by atoms with Crippen LogP contribution < -0.4 is 0 Å². The molecule has 0 atom stereocenters. The maximum atomic E-state index is 10.3. The first kappa shape index (κ1) is 17.9. The van der Waals surface area contributed by atoms with Gasteiger partial charge in [-0.05, 0) is 60.4 Å². The van der Waals surface area contributed by atoms with Gasteiger partial charge in [-0.15, -0.1) is 0 Å². The van der Waals surface area contributed by atoms with E-state index in [1.165, 1.54) is 17.2 Å². The number of aromatic hydroxyl groups is 2. The zero-order valence-electron chi connectivity index (χ0n) is 13.4. The Morgan fingerprint density at radius 2 is 1.28 bits per heavy atom. The first-order valence-electron chi connectivity index (χ1n) is 7.59. The van der Waals surface area contributed by atoms with Crippen molar-refractivity contribution in [3.05, 3.63) is 83.9 Å². The fraction of sp³-hybridized carbons (Fsp3) is 0.105. The summed E-state index contributed by atoms with van der Waals surface area (Å²) in [5.74, 6) is -1.81. The summed E-state index contributed by atoms with van der Waals surface area (Å²) in [5, 5.41) is 26.1. The van der Waals surface area contributed by atoms with Crippen LogP contribution in [-0.2, 0) is 12.8 Å². The number of aromatic nitrogens is 2. The molecule has 3 N–H and O–H groups in total. The van der Waals surface area contributed by atoms with Gasteiger partial charge in [0.15, 0.2) is 0 Å². The molecule has 0 unspecified atom stereocenters. The number of phenols is 2. The van der Waals surface area contributed by atoms with Crippen molar-refractivity contribution in [1.82, 2.24) is 9.97 Å². The number of phenolic OH excluding ortho intramolecular Hbond substituents is 1. The minimum Gasteiger partial charge on any atom is -0.508 e. The van der Waals surface area contributed by atoms with Gasteiger partial charge < -0.3 is 15.3 Å². The van der Waals surface area contributed by atoms with E-state index in [1.54, 1.807) is 0 Å². The summed E-state index contributed by atoms with van der Waals surface area (Å²) in [6, 6.07) is 11.5. The normalized spacial score (nSPS) is 9.76. The van der Waals surface area contributed by atoms with E-state index >= 15 is 0 Å². The van der Waals surface area contributed by atoms with Gasteiger partial charge in [0.25, 0.3) is 0 Å². The van der Waals surface area contributed by atoms with Gasteiger partial charge in [-0.25, -0.2) is 4.79 Å². The molecule has 128 valence electrons. The maximum absolute atomic E-state index is 10.3. The standard InChI is InChI=1S/C12H12N2.C7H6O4/c1(11-3-7-13-8-4-11)2-12-5-9-14-10-6-12;8-4-1-2-5(7(10)11)6(9)3-4/h3-10H,1-2H2;1-3,8-9H,(H,10,11). The van der Waals surface area contributed by atoms with Gasteiger partial charge in [-0.3, -0.25) is 9.97 Å². The lowest BCUT2D eigenvalue weighted by Gasteiger charge is -2.00. The second-order valence-corrected chi connectivity index (χ2v) is 5.22. The highest BCUT2D eigenvalue weighted by atomic mass is 16.4. The van der Waals surface area contributed by atoms with Gasteiger partial charge in [0.1, 0.15) is 17.1 Å². The molecule has 0 aliphatic rings. The summed E-state index contributed by atoms with van der Waals surface area (Å²) in [6.45, 7) is 0. The fourth-order valence-corrected chi connectivity index (χ4v) is 2.09. The molecule has 0 aliphatic heterocycles. The zero-order valence-corrected chi connectivity index (χ0v) is 13.4. The van der Waals surface area contributed by atoms with E-state index in [2.05, 4.69) is 34.2 Å². The van der Waals surface area contributed by atoms with E-state index in [1.807, 2.05) is 24.8 Å². The van der Waals surface area contributed by atoms with Crippen LogP contribution >= 0.6 is 0 Å². The molecular weight excluding hydrogens is 320 g/mol. The third-order valence-electron chi connectivity index (χ3n) is 3.41. The summed E-state index contributed by atoms with van der Waals surface area (Å²) in [7, 11) is 0. The number of hydrogen-bond acceptors (Lipinski definition) is 5. The van der Waals surface area contributed by atoms with Gasteiger partial charge in [0.2, 0.25) is 0 Å². The average Bonchev–Trinajstić information content (AvgIpc) is 2.62. The highest BCUT2D eigenvalue weighted by molar-refractivity contribution is 5.90. The van der Waals surface area contributed by atoms with Crippen LogP contribution in [0, 0.1) is 0 Å². The molecule has 0 amide bonds. The second-order valence-electron chi connectivity index (χ2n) is 5.22. The molecule has 6 nitrogen and oxygen atoms in total. The van der Waals surface area contributed by atoms with Crippen molar-refractivity contribution < 1.29 is 20.1 Å². The van der Waals surface area contributed by atoms with Crippen molar-refractivity contribution in [3.8, 4) is 11.5 Å². The summed E-state index contributed by atoms with van der Waals surface area (Å²) in [6.07, 6.45) is 9.46. The molecule has 0 bridgehead atoms. The molecule has 1 aromatic carbocycles. The third-order valence-corrected chi connectivity index (χ3v) is 3.41. The number of nitrogens with zero attached hydrogens (tertiary/aromatic N) is 2. The molecule has 3 rings (SSSR count). The quantitative estimate of drug-likeness (QED) is 0.675. The molecule has 3 aromatic rings. The van der Waals surface area contributed by atoms with E-state index in [0.717, 1.165) is 25.0 Å². The first-order valence-corrected chi connectivity index (χ1v) is 7.59. The predicted octanol–water partition coefficient (Wildman–Crippen LogP) is 3.06. The number of carboxylic acid groups (broad SMARTS) is 1. The lowest BCUT2D eigenvalue weighted by Crippen LogP contribution is -1.95. The minimum atomic E-state index is -1.22. The Hall–Kier alpha value is -3.41. The topological polar surface area (TPSA) is 104 Å². The summed E-state index contributed by atoms with van der Waals surface area (Å²) < 4.78 is 0. The van der Waals surface area contributed by atoms with Crippen LogP contribution in [0.25, 0.3) is 0 Å². The summed E-state index contributed by atoms with van der Waals surface area (Å²) in [4.78, 5) is 18.3. The zero-order chi connectivity index (χ0) is 18.1. The average molecular weight is 338 g/mol. The highest BCUT2D eigenvalue weighted by Gasteiger charge is 2.08. The van der Waals surface area contributed by atoms with Crippen LogP contribution in [0.1, 0.15) is 21.5 Å². The Morgan fingerprint density at radius 3 is 1.68 bits per heavy atom. The molecule has 0 saturated carbocycles. The van der Waals surface area contributed by atoms with Crippen LogP contribution in [0.15, 0.2) is 67.3 Å². The van der Waals surface area contributed by atoms with Crippen molar-refractivity contribution >= 4 is 5.97 Å². The molecule has 2 aromatic heterocycles. The predicted molar refractivity (Wildman–Crippen MR) is 92.6 cm³/mol. The van der Waals surface area contributed by atoms with Crippen LogP contribution in [0.3, 0.4) is 0 Å². The molecule has 6 heteroatoms. The number of pyridine rings is 2. The second kappa shape index (κ2) is 9.02. The van der Waals surface area contributed by atoms with Crippen molar-refractivity contribution in [2.75, 3.05) is 0 Å². The van der Waals surface area contributed by atoms with E-state index in [0.29, 0.717) is 0 Å². The molecular formula is C19H18N2O4. The number of hydrogen-bond donors (Lipinski definition) is 3. The number of rotatable bonds is 4. The van der Waals surface area contributed by atoms with Crippen molar-refractivity contribution in [3.63, 3.8) is 0 Å². The van der Waals surface area contributed by atoms with E-state index < -0.39 is 11.7 Å². The Morgan fingerprint density at radius 1 is 0.800 bits per heavy atom. The Bertz CT molecular complexity index is 769. The first-order chi connectivity index (χ1) is 12.1. The monoisotopic (exact) mass is 338 g/mol. The lowest BCUT2D eigenvalue weighted by atomic mass is 10.1. The molecule has 25 heavy (non-hydrogen) atoms. The SMILES string of the molecule is O=C(O)c1ccc(O)cc1O.c1cc(CCc2ccncc2)ccn1. The van der Waals surface area contributed by atoms with Crippen molar-refractivity contribution in [1.29, 1.82) is 0 Å². The van der Waals surface area contributed by atoms with Crippen LogP contribution in [0.5, 0.6) is 11.5 Å². The number of aromatic carboxylic acids is 1. The van der Waals surface area contributed by atoms with Crippen LogP contribution in [-0.4, -0.2) is 31.3 Å². The smallest absolute Gasteiger partial charge is 0.339 e. The number of benzene rings is 1. The third kappa shape index (κ3) is 5.95. The number of aryl methyl sites for hydroxylation is 2. The van der Waals surface area contributed by atoms with Crippen LogP contribution in [0.4, 0.5) is 0 Å². The molecule has 0 saturated heterocycles. The molecule has 0 aliphatic carbocycles. The fourth-order valence-electron chi connectivity index (χ4n) is 2.09. The molecule has 2 heterocycles. The highest BCUT2D eigenvalue weighted by Crippen LogP contribution is 2.21. The van der Waals surface area contributed by atoms with Gasteiger partial charge >= 0.3 is 5.97 Å². The largest absolute Gasteiger partial charge is 0.508 e. The Labute approximate surface area is 145 Å². The van der Waals surface area contributed by atoms with Crippen molar-refractivity contribution in [2.24, 2.45) is 0 Å². The van der Waals surface area contributed by atoms with Crippen LogP contribution in [0.2, 0.25) is 0 Å². The van der Waals surface area contributed by atoms with E-state index in [-0.39, 0.29) is 11.3 Å². The summed E-state index contributed by atoms with van der Waals surface area (Å²) >= 11 is 0. The van der Waals surface area contributed by atoms with E-state index in [4.69, 9.17) is 15.3 Å². The lowest BCUT2D eigenvalue weighted by molar-refractivity contribution is 0.0693. The van der Waals surface area contributed by atoms with Gasteiger partial charge in [0.05, 0.1) is 0 Å². The Balaban J connectivity index is 0.000000186. The minimum absolute atomic E-state index is 0.160. The van der Waals surface area contributed by atoms with Crippen molar-refractivity contribution in [2.45, 2.75) is 12.8 Å². The van der Waals surface area contributed by atoms with Gasteiger partial charge in [0, 0.05) is 30.9 Å². The van der Waals surface area contributed by atoms with Gasteiger partial charge in [-0.1, -0.05) is 0 Å². The molecule has 0 radical (unpaired) electrons. The molecule has 0 fully saturated rings. The number of carbonyl (C=O) groups is 1. The Kier molecular flexibility index (Phi) is 6.47. The summed E-state index contributed by atoms with van der Waals surface area (Å²) in [5.41, 5.74) is 2.44. The van der Waals surface area contributed by atoms with E-state index in [9.17, 15) is 4.79 Å².